The molecule has 0 saturated heterocycles. The summed E-state index contributed by atoms with van der Waals surface area (Å²) in [4.78, 5) is 0. The van der Waals surface area contributed by atoms with Gasteiger partial charge in [0.25, 0.3) is 0 Å². The van der Waals surface area contributed by atoms with Gasteiger partial charge in [0.2, 0.25) is 10.0 Å². The third-order valence-corrected chi connectivity index (χ3v) is 5.10. The van der Waals surface area contributed by atoms with Crippen LogP contribution in [0.1, 0.15) is 37.7 Å². The average Bonchev–Trinajstić information content (AvgIpc) is 2.51. The molecule has 0 aliphatic heterocycles. The molecule has 5 nitrogen and oxygen atoms in total. The maximum Gasteiger partial charge on any atom is 0.209 e. The number of rotatable bonds is 6. The Bertz CT molecular complexity index is 637. The lowest BCUT2D eigenvalue weighted by molar-refractivity contribution is 0.146. The van der Waals surface area contributed by atoms with Crippen LogP contribution in [0, 0.1) is 23.2 Å². The van der Waals surface area contributed by atoms with Crippen LogP contribution in [-0.2, 0) is 10.0 Å². The normalized spacial score (nSPS) is 22.0. The molecule has 0 radical (unpaired) electrons. The monoisotopic (exact) mass is 322 g/mol. The van der Waals surface area contributed by atoms with Crippen LogP contribution in [0.3, 0.4) is 0 Å². The molecular formula is C16H22N2O3S. The van der Waals surface area contributed by atoms with Gasteiger partial charge >= 0.3 is 0 Å². The highest BCUT2D eigenvalue weighted by Gasteiger charge is 2.26. The molecule has 6 heteroatoms. The van der Waals surface area contributed by atoms with Gasteiger partial charge in [-0.05, 0) is 36.8 Å². The summed E-state index contributed by atoms with van der Waals surface area (Å²) >= 11 is 0. The molecule has 1 aromatic rings. The second kappa shape index (κ2) is 7.61. The molecule has 2 atom stereocenters. The van der Waals surface area contributed by atoms with Crippen molar-refractivity contribution < 1.29 is 13.2 Å². The van der Waals surface area contributed by atoms with Crippen molar-refractivity contribution in [1.82, 2.24) is 0 Å². The number of sulfonamides is 1. The van der Waals surface area contributed by atoms with Crippen LogP contribution < -0.4 is 9.88 Å². The van der Waals surface area contributed by atoms with Crippen molar-refractivity contribution in [2.75, 3.05) is 12.4 Å². The van der Waals surface area contributed by atoms with Crippen molar-refractivity contribution in [2.45, 2.75) is 32.1 Å². The first kappa shape index (κ1) is 16.8. The van der Waals surface area contributed by atoms with Crippen LogP contribution >= 0.6 is 0 Å². The van der Waals surface area contributed by atoms with Crippen LogP contribution in [0.2, 0.25) is 0 Å². The third-order valence-electron chi connectivity index (χ3n) is 4.30. The van der Waals surface area contributed by atoms with Crippen LogP contribution in [0.4, 0.5) is 0 Å². The van der Waals surface area contributed by atoms with E-state index in [4.69, 9.17) is 15.1 Å². The van der Waals surface area contributed by atoms with Gasteiger partial charge in [-0.25, -0.2) is 13.6 Å². The van der Waals surface area contributed by atoms with Crippen molar-refractivity contribution >= 4 is 10.0 Å². The summed E-state index contributed by atoms with van der Waals surface area (Å²) in [6, 6.07) is 9.29. The number of benzene rings is 1. The topological polar surface area (TPSA) is 93.2 Å². The first-order chi connectivity index (χ1) is 10.5. The molecule has 0 aromatic heterocycles. The second-order valence-corrected chi connectivity index (χ2v) is 7.61. The highest BCUT2D eigenvalue weighted by Crippen LogP contribution is 2.33. The molecule has 0 heterocycles. The lowest BCUT2D eigenvalue weighted by Crippen LogP contribution is -2.28. The SMILES string of the molecule is N#Cc1ccccc1OCC1CCCCC1CCS(N)(=O)=O. The van der Waals surface area contributed by atoms with Crippen molar-refractivity contribution in [3.63, 3.8) is 0 Å². The lowest BCUT2D eigenvalue weighted by atomic mass is 9.78. The molecule has 22 heavy (non-hydrogen) atoms. The van der Waals surface area contributed by atoms with Crippen molar-refractivity contribution in [1.29, 1.82) is 5.26 Å². The summed E-state index contributed by atoms with van der Waals surface area (Å²) in [7, 11) is -3.41. The summed E-state index contributed by atoms with van der Waals surface area (Å²) in [5.41, 5.74) is 0.527. The molecule has 2 rings (SSSR count). The van der Waals surface area contributed by atoms with Crippen molar-refractivity contribution in [3.05, 3.63) is 29.8 Å². The van der Waals surface area contributed by atoms with Crippen LogP contribution in [0.15, 0.2) is 24.3 Å². The summed E-state index contributed by atoms with van der Waals surface area (Å²) < 4.78 is 28.1. The highest BCUT2D eigenvalue weighted by molar-refractivity contribution is 7.89. The van der Waals surface area contributed by atoms with E-state index >= 15 is 0 Å². The standard InChI is InChI=1S/C16H22N2O3S/c17-11-14-6-3-4-8-16(14)21-12-15-7-2-1-5-13(15)9-10-22(18,19)20/h3-4,6,8,13,15H,1-2,5,7,9-10,12H2,(H2,18,19,20). The largest absolute Gasteiger partial charge is 0.492 e. The molecule has 0 spiro atoms. The fourth-order valence-corrected chi connectivity index (χ4v) is 3.71. The van der Waals surface area contributed by atoms with E-state index in [1.54, 1.807) is 18.2 Å². The lowest BCUT2D eigenvalue weighted by Gasteiger charge is -2.31. The number of hydrogen-bond donors (Lipinski definition) is 1. The van der Waals surface area contributed by atoms with E-state index in [0.717, 1.165) is 25.7 Å². The summed E-state index contributed by atoms with van der Waals surface area (Å²) in [6.45, 7) is 0.522. The van der Waals surface area contributed by atoms with Gasteiger partial charge < -0.3 is 4.74 Å². The third kappa shape index (κ3) is 5.00. The van der Waals surface area contributed by atoms with E-state index in [1.165, 1.54) is 0 Å². The molecule has 1 aromatic carbocycles. The zero-order chi connectivity index (χ0) is 16.0. The molecule has 2 N–H and O–H groups in total. The smallest absolute Gasteiger partial charge is 0.209 e. The van der Waals surface area contributed by atoms with Gasteiger partial charge in [0, 0.05) is 0 Å². The number of ether oxygens (including phenoxy) is 1. The van der Waals surface area contributed by atoms with Gasteiger partial charge in [-0.2, -0.15) is 5.26 Å². The van der Waals surface area contributed by atoms with Crippen LogP contribution in [0.25, 0.3) is 0 Å². The minimum absolute atomic E-state index is 0.0307. The molecule has 1 aliphatic rings. The number of nitrogens with zero attached hydrogens (tertiary/aromatic N) is 1. The summed E-state index contributed by atoms with van der Waals surface area (Å²) in [6.07, 6.45) is 4.90. The van der Waals surface area contributed by atoms with E-state index in [0.29, 0.717) is 36.2 Å². The first-order valence-electron chi connectivity index (χ1n) is 7.62. The zero-order valence-corrected chi connectivity index (χ0v) is 13.4. The number of hydrogen-bond acceptors (Lipinski definition) is 4. The Kier molecular flexibility index (Phi) is 5.81. The first-order valence-corrected chi connectivity index (χ1v) is 9.33. The Hall–Kier alpha value is -1.58. The van der Waals surface area contributed by atoms with E-state index in [9.17, 15) is 8.42 Å². The predicted molar refractivity (Wildman–Crippen MR) is 84.7 cm³/mol. The number of para-hydroxylation sites is 1. The van der Waals surface area contributed by atoms with Gasteiger partial charge in [0.05, 0.1) is 17.9 Å². The Labute approximate surface area is 132 Å². The molecule has 1 saturated carbocycles. The van der Waals surface area contributed by atoms with Gasteiger partial charge in [-0.15, -0.1) is 0 Å². The minimum Gasteiger partial charge on any atom is -0.492 e. The summed E-state index contributed by atoms with van der Waals surface area (Å²) in [5.74, 6) is 1.27. The molecule has 0 amide bonds. The number of nitrogens with two attached hydrogens (primary N) is 1. The van der Waals surface area contributed by atoms with Crippen LogP contribution in [-0.4, -0.2) is 20.8 Å². The minimum atomic E-state index is -3.41. The van der Waals surface area contributed by atoms with E-state index in [1.807, 2.05) is 6.07 Å². The Morgan fingerprint density at radius 2 is 1.91 bits per heavy atom. The fourth-order valence-electron chi connectivity index (χ4n) is 3.08. The zero-order valence-electron chi connectivity index (χ0n) is 12.6. The molecule has 1 fully saturated rings. The molecule has 120 valence electrons. The molecule has 2 unspecified atom stereocenters. The van der Waals surface area contributed by atoms with E-state index in [2.05, 4.69) is 6.07 Å². The fraction of sp³-hybridized carbons (Fsp3) is 0.562. The predicted octanol–water partition coefficient (Wildman–Crippen LogP) is 2.42. The Morgan fingerprint density at radius 1 is 1.23 bits per heavy atom. The van der Waals surface area contributed by atoms with Crippen molar-refractivity contribution in [3.8, 4) is 11.8 Å². The number of primary sulfonamides is 1. The van der Waals surface area contributed by atoms with Gasteiger partial charge in [-0.3, -0.25) is 0 Å². The van der Waals surface area contributed by atoms with Gasteiger partial charge in [0.15, 0.2) is 0 Å². The van der Waals surface area contributed by atoms with Crippen molar-refractivity contribution in [2.24, 2.45) is 17.0 Å². The maximum absolute atomic E-state index is 11.2. The average molecular weight is 322 g/mol. The number of nitriles is 1. The molecular weight excluding hydrogens is 300 g/mol. The van der Waals surface area contributed by atoms with Gasteiger partial charge in [0.1, 0.15) is 11.8 Å². The highest BCUT2D eigenvalue weighted by atomic mass is 32.2. The van der Waals surface area contributed by atoms with Gasteiger partial charge in [-0.1, -0.05) is 31.4 Å². The van der Waals surface area contributed by atoms with E-state index in [-0.39, 0.29) is 5.75 Å². The van der Waals surface area contributed by atoms with E-state index < -0.39 is 10.0 Å². The maximum atomic E-state index is 11.2. The molecule has 1 aliphatic carbocycles. The van der Waals surface area contributed by atoms with Crippen LogP contribution in [0.5, 0.6) is 5.75 Å². The second-order valence-electron chi connectivity index (χ2n) is 5.88. The Morgan fingerprint density at radius 3 is 2.59 bits per heavy atom. The summed E-state index contributed by atoms with van der Waals surface area (Å²) in [5, 5.41) is 14.2. The quantitative estimate of drug-likeness (QED) is 0.870. The Balaban J connectivity index is 1.95. The molecule has 0 bridgehead atoms.